The Bertz CT molecular complexity index is 348. The van der Waals surface area contributed by atoms with Gasteiger partial charge in [-0.15, -0.1) is 0 Å². The van der Waals surface area contributed by atoms with Gasteiger partial charge in [-0.25, -0.2) is 0 Å². The van der Waals surface area contributed by atoms with Gasteiger partial charge in [0, 0.05) is 31.8 Å². The smallest absolute Gasteiger partial charge is 0.0497 e. The van der Waals surface area contributed by atoms with E-state index in [0.717, 1.165) is 6.54 Å². The maximum atomic E-state index is 9.13. The lowest BCUT2D eigenvalue weighted by molar-refractivity contribution is 0.273. The number of hydrogen-bond donors (Lipinski definition) is 1. The van der Waals surface area contributed by atoms with E-state index in [1.54, 1.807) is 0 Å². The second-order valence-electron chi connectivity index (χ2n) is 4.50. The maximum Gasteiger partial charge on any atom is 0.0497 e. The zero-order valence-electron chi connectivity index (χ0n) is 9.53. The highest BCUT2D eigenvalue weighted by atomic mass is 16.3. The summed E-state index contributed by atoms with van der Waals surface area (Å²) in [4.78, 5) is 2.31. The summed E-state index contributed by atoms with van der Waals surface area (Å²) in [6.07, 6.45) is 2.41. The van der Waals surface area contributed by atoms with E-state index in [1.807, 2.05) is 0 Å². The summed E-state index contributed by atoms with van der Waals surface area (Å²) in [5.74, 6) is 0.252. The van der Waals surface area contributed by atoms with E-state index >= 15 is 0 Å². The van der Waals surface area contributed by atoms with E-state index in [9.17, 15) is 0 Å². The predicted octanol–water partition coefficient (Wildman–Crippen LogP) is 2.16. The van der Waals surface area contributed by atoms with Crippen molar-refractivity contribution in [2.45, 2.75) is 25.7 Å². The lowest BCUT2D eigenvalue weighted by atomic mass is 9.94. The van der Waals surface area contributed by atoms with E-state index in [0.29, 0.717) is 0 Å². The first kappa shape index (κ1) is 10.5. The Hall–Kier alpha value is -1.02. The molecular formula is C13H19NO. The topological polar surface area (TPSA) is 23.5 Å². The van der Waals surface area contributed by atoms with Crippen LogP contribution < -0.4 is 4.90 Å². The minimum absolute atomic E-state index is 0.231. The molecule has 0 bridgehead atoms. The summed E-state index contributed by atoms with van der Waals surface area (Å²) < 4.78 is 0. The third-order valence-electron chi connectivity index (χ3n) is 3.30. The van der Waals surface area contributed by atoms with Crippen molar-refractivity contribution in [3.8, 4) is 0 Å². The van der Waals surface area contributed by atoms with Crippen molar-refractivity contribution in [2.24, 2.45) is 0 Å². The van der Waals surface area contributed by atoms with Gasteiger partial charge in [-0.2, -0.15) is 0 Å². The molecule has 1 aliphatic heterocycles. The van der Waals surface area contributed by atoms with Crippen LogP contribution >= 0.6 is 0 Å². The first-order valence-corrected chi connectivity index (χ1v) is 5.67. The molecule has 0 radical (unpaired) electrons. The van der Waals surface area contributed by atoms with E-state index < -0.39 is 0 Å². The first-order chi connectivity index (χ1) is 7.22. The number of rotatable bonds is 2. The Morgan fingerprint density at radius 3 is 3.00 bits per heavy atom. The van der Waals surface area contributed by atoms with Crippen LogP contribution in [0, 0.1) is 0 Å². The van der Waals surface area contributed by atoms with Crippen molar-refractivity contribution < 1.29 is 5.11 Å². The minimum Gasteiger partial charge on any atom is -0.396 e. The molecule has 1 unspecified atom stereocenters. The molecule has 0 aromatic heterocycles. The van der Waals surface area contributed by atoms with Crippen molar-refractivity contribution >= 4 is 5.69 Å². The molecule has 1 atom stereocenters. The predicted molar refractivity (Wildman–Crippen MR) is 63.5 cm³/mol. The SMILES string of the molecule is CC(CO)c1ccc2c(c1)CCCN2C. The summed E-state index contributed by atoms with van der Waals surface area (Å²) in [6.45, 7) is 3.45. The lowest BCUT2D eigenvalue weighted by Gasteiger charge is -2.28. The summed E-state index contributed by atoms with van der Waals surface area (Å²) in [5.41, 5.74) is 4.04. The van der Waals surface area contributed by atoms with Gasteiger partial charge in [-0.3, -0.25) is 0 Å². The Morgan fingerprint density at radius 2 is 2.27 bits per heavy atom. The molecule has 15 heavy (non-hydrogen) atoms. The molecule has 1 N–H and O–H groups in total. The number of hydrogen-bond acceptors (Lipinski definition) is 2. The van der Waals surface area contributed by atoms with E-state index in [1.165, 1.54) is 29.7 Å². The van der Waals surface area contributed by atoms with Gasteiger partial charge in [0.1, 0.15) is 0 Å². The molecule has 0 aliphatic carbocycles. The maximum absolute atomic E-state index is 9.13. The number of benzene rings is 1. The van der Waals surface area contributed by atoms with Crippen LogP contribution in [-0.4, -0.2) is 25.3 Å². The number of nitrogens with zero attached hydrogens (tertiary/aromatic N) is 1. The van der Waals surface area contributed by atoms with Gasteiger partial charge in [-0.1, -0.05) is 19.1 Å². The number of aryl methyl sites for hydroxylation is 1. The Labute approximate surface area is 91.5 Å². The fourth-order valence-electron chi connectivity index (χ4n) is 2.22. The zero-order chi connectivity index (χ0) is 10.8. The highest BCUT2D eigenvalue weighted by Gasteiger charge is 2.14. The fourth-order valence-corrected chi connectivity index (χ4v) is 2.22. The quantitative estimate of drug-likeness (QED) is 0.799. The molecule has 82 valence electrons. The van der Waals surface area contributed by atoms with Crippen LogP contribution in [0.2, 0.25) is 0 Å². The van der Waals surface area contributed by atoms with E-state index in [-0.39, 0.29) is 12.5 Å². The van der Waals surface area contributed by atoms with Crippen molar-refractivity contribution in [3.05, 3.63) is 29.3 Å². The number of fused-ring (bicyclic) bond motifs is 1. The lowest BCUT2D eigenvalue weighted by Crippen LogP contribution is -2.24. The standard InChI is InChI=1S/C13H19NO/c1-10(9-15)11-5-6-13-12(8-11)4-3-7-14(13)2/h5-6,8,10,15H,3-4,7,9H2,1-2H3. The van der Waals surface area contributed by atoms with Crippen molar-refractivity contribution in [2.75, 3.05) is 25.1 Å². The second kappa shape index (κ2) is 4.23. The molecule has 1 aromatic rings. The number of anilines is 1. The van der Waals surface area contributed by atoms with Crippen LogP contribution in [0.1, 0.15) is 30.4 Å². The molecule has 2 heteroatoms. The van der Waals surface area contributed by atoms with Crippen molar-refractivity contribution in [3.63, 3.8) is 0 Å². The first-order valence-electron chi connectivity index (χ1n) is 5.67. The second-order valence-corrected chi connectivity index (χ2v) is 4.50. The molecule has 0 spiro atoms. The normalized spacial score (nSPS) is 17.4. The van der Waals surface area contributed by atoms with Gasteiger partial charge in [0.15, 0.2) is 0 Å². The van der Waals surface area contributed by atoms with Crippen molar-refractivity contribution in [1.29, 1.82) is 0 Å². The van der Waals surface area contributed by atoms with Crippen LogP contribution in [0.5, 0.6) is 0 Å². The van der Waals surface area contributed by atoms with Crippen LogP contribution in [0.25, 0.3) is 0 Å². The van der Waals surface area contributed by atoms with Gasteiger partial charge in [0.25, 0.3) is 0 Å². The number of aliphatic hydroxyl groups is 1. The molecule has 1 heterocycles. The van der Waals surface area contributed by atoms with Gasteiger partial charge in [-0.05, 0) is 30.0 Å². The minimum atomic E-state index is 0.231. The molecule has 1 aromatic carbocycles. The largest absolute Gasteiger partial charge is 0.396 e. The fraction of sp³-hybridized carbons (Fsp3) is 0.538. The highest BCUT2D eigenvalue weighted by Crippen LogP contribution is 2.29. The average molecular weight is 205 g/mol. The molecular weight excluding hydrogens is 186 g/mol. The summed E-state index contributed by atoms with van der Waals surface area (Å²) in [6, 6.07) is 6.59. The molecule has 2 nitrogen and oxygen atoms in total. The van der Waals surface area contributed by atoms with Gasteiger partial charge in [0.2, 0.25) is 0 Å². The molecule has 0 amide bonds. The van der Waals surface area contributed by atoms with E-state index in [4.69, 9.17) is 5.11 Å². The summed E-state index contributed by atoms with van der Waals surface area (Å²) in [5, 5.41) is 9.13. The highest BCUT2D eigenvalue weighted by molar-refractivity contribution is 5.56. The summed E-state index contributed by atoms with van der Waals surface area (Å²) in [7, 11) is 2.15. The van der Waals surface area contributed by atoms with Crippen LogP contribution in [0.15, 0.2) is 18.2 Å². The molecule has 0 fully saturated rings. The zero-order valence-corrected chi connectivity index (χ0v) is 9.53. The van der Waals surface area contributed by atoms with Gasteiger partial charge >= 0.3 is 0 Å². The van der Waals surface area contributed by atoms with Gasteiger partial charge in [0.05, 0.1) is 0 Å². The molecule has 0 saturated heterocycles. The Kier molecular flexibility index (Phi) is 2.96. The summed E-state index contributed by atoms with van der Waals surface area (Å²) >= 11 is 0. The van der Waals surface area contributed by atoms with E-state index in [2.05, 4.69) is 37.1 Å². The van der Waals surface area contributed by atoms with Crippen molar-refractivity contribution in [1.82, 2.24) is 0 Å². The Morgan fingerprint density at radius 1 is 1.47 bits per heavy atom. The number of aliphatic hydroxyl groups excluding tert-OH is 1. The average Bonchev–Trinajstić information content (AvgIpc) is 2.28. The van der Waals surface area contributed by atoms with Crippen LogP contribution in [-0.2, 0) is 6.42 Å². The molecule has 0 saturated carbocycles. The molecule has 2 rings (SSSR count). The third-order valence-corrected chi connectivity index (χ3v) is 3.30. The third kappa shape index (κ3) is 2.00. The van der Waals surface area contributed by atoms with Gasteiger partial charge < -0.3 is 10.0 Å². The molecule has 1 aliphatic rings. The Balaban J connectivity index is 2.33. The van der Waals surface area contributed by atoms with Crippen LogP contribution in [0.3, 0.4) is 0 Å². The monoisotopic (exact) mass is 205 g/mol. The van der Waals surface area contributed by atoms with Crippen LogP contribution in [0.4, 0.5) is 5.69 Å².